The summed E-state index contributed by atoms with van der Waals surface area (Å²) in [5, 5.41) is 5.32. The molecule has 5 heteroatoms. The molecule has 1 aromatic rings. The molecule has 134 valence electrons. The SMILES string of the molecule is CC1=C(C(=O)OC(C)C)[C@@H](c2cccs2)C2=C(CC(C)(C)CC2=O)N1. The molecule has 0 fully saturated rings. The van der Waals surface area contributed by atoms with Crippen LogP contribution in [0.15, 0.2) is 40.1 Å². The molecule has 0 radical (unpaired) electrons. The first-order valence-electron chi connectivity index (χ1n) is 8.68. The topological polar surface area (TPSA) is 55.4 Å². The summed E-state index contributed by atoms with van der Waals surface area (Å²) in [6, 6.07) is 3.95. The lowest BCUT2D eigenvalue weighted by molar-refractivity contribution is -0.143. The van der Waals surface area contributed by atoms with Crippen molar-refractivity contribution in [2.45, 2.75) is 59.5 Å². The number of Topliss-reactive ketones (excluding diaryl/α,β-unsaturated/α-hetero) is 1. The molecule has 0 saturated carbocycles. The molecule has 0 bridgehead atoms. The summed E-state index contributed by atoms with van der Waals surface area (Å²) in [5.41, 5.74) is 2.97. The van der Waals surface area contributed by atoms with E-state index < -0.39 is 0 Å². The van der Waals surface area contributed by atoms with Crippen LogP contribution in [0.2, 0.25) is 0 Å². The Labute approximate surface area is 153 Å². The number of thiophene rings is 1. The van der Waals surface area contributed by atoms with E-state index in [1.165, 1.54) is 0 Å². The van der Waals surface area contributed by atoms with Gasteiger partial charge in [0.05, 0.1) is 17.6 Å². The normalized spacial score (nSPS) is 22.8. The summed E-state index contributed by atoms with van der Waals surface area (Å²) in [6.07, 6.45) is 1.11. The van der Waals surface area contributed by atoms with Gasteiger partial charge in [0.1, 0.15) is 0 Å². The van der Waals surface area contributed by atoms with Crippen molar-refractivity contribution in [3.8, 4) is 0 Å². The lowest BCUT2D eigenvalue weighted by Gasteiger charge is -2.39. The van der Waals surface area contributed by atoms with Gasteiger partial charge in [-0.1, -0.05) is 19.9 Å². The van der Waals surface area contributed by atoms with Crippen molar-refractivity contribution in [2.24, 2.45) is 5.41 Å². The molecule has 1 aliphatic heterocycles. The molecular formula is C20H25NO3S. The highest BCUT2D eigenvalue weighted by molar-refractivity contribution is 7.10. The van der Waals surface area contributed by atoms with Crippen molar-refractivity contribution < 1.29 is 14.3 Å². The summed E-state index contributed by atoms with van der Waals surface area (Å²) in [7, 11) is 0. The third-order valence-electron chi connectivity index (χ3n) is 4.63. The van der Waals surface area contributed by atoms with Gasteiger partial charge in [-0.3, -0.25) is 4.79 Å². The lowest BCUT2D eigenvalue weighted by Crippen LogP contribution is -2.38. The number of esters is 1. The predicted octanol–water partition coefficient (Wildman–Crippen LogP) is 4.30. The first-order chi connectivity index (χ1) is 11.7. The van der Waals surface area contributed by atoms with E-state index >= 15 is 0 Å². The number of dihydropyridines is 1. The molecule has 1 N–H and O–H groups in total. The zero-order valence-corrected chi connectivity index (χ0v) is 16.3. The minimum Gasteiger partial charge on any atom is -0.460 e. The zero-order valence-electron chi connectivity index (χ0n) is 15.4. The molecule has 25 heavy (non-hydrogen) atoms. The Hall–Kier alpha value is -1.88. The molecule has 1 atom stereocenters. The van der Waals surface area contributed by atoms with Crippen LogP contribution in [0.1, 0.15) is 58.3 Å². The number of carbonyl (C=O) groups is 2. The van der Waals surface area contributed by atoms with Crippen molar-refractivity contribution in [1.29, 1.82) is 0 Å². The number of hydrogen-bond acceptors (Lipinski definition) is 5. The van der Waals surface area contributed by atoms with Gasteiger partial charge in [-0.15, -0.1) is 11.3 Å². The van der Waals surface area contributed by atoms with Crippen molar-refractivity contribution in [1.82, 2.24) is 5.32 Å². The molecule has 0 saturated heterocycles. The minimum absolute atomic E-state index is 0.0703. The van der Waals surface area contributed by atoms with E-state index in [0.29, 0.717) is 12.0 Å². The van der Waals surface area contributed by atoms with Crippen LogP contribution in [0.3, 0.4) is 0 Å². The second kappa shape index (κ2) is 6.45. The monoisotopic (exact) mass is 359 g/mol. The van der Waals surface area contributed by atoms with E-state index in [2.05, 4.69) is 19.2 Å². The second-order valence-corrected chi connectivity index (χ2v) is 8.88. The number of hydrogen-bond donors (Lipinski definition) is 1. The lowest BCUT2D eigenvalue weighted by atomic mass is 9.70. The Morgan fingerprint density at radius 3 is 2.68 bits per heavy atom. The summed E-state index contributed by atoms with van der Waals surface area (Å²) < 4.78 is 5.48. The highest BCUT2D eigenvalue weighted by Gasteiger charge is 2.43. The molecule has 2 heterocycles. The standard InChI is InChI=1S/C20H25NO3S/c1-11(2)24-19(23)16-12(3)21-13-9-20(4,5)10-14(22)17(13)18(16)15-7-6-8-25-15/h6-8,11,18,21H,9-10H2,1-5H3/t18-/m1/s1. The van der Waals surface area contributed by atoms with Crippen LogP contribution >= 0.6 is 11.3 Å². The number of carbonyl (C=O) groups excluding carboxylic acids is 2. The van der Waals surface area contributed by atoms with Crippen LogP contribution < -0.4 is 5.32 Å². The maximum Gasteiger partial charge on any atom is 0.337 e. The van der Waals surface area contributed by atoms with Crippen LogP contribution in [-0.4, -0.2) is 17.9 Å². The fraction of sp³-hybridized carbons (Fsp3) is 0.500. The van der Waals surface area contributed by atoms with Crippen molar-refractivity contribution in [3.05, 3.63) is 44.9 Å². The first kappa shape index (κ1) is 17.9. The summed E-state index contributed by atoms with van der Waals surface area (Å²) >= 11 is 1.57. The Kier molecular flexibility index (Phi) is 4.62. The molecule has 0 spiro atoms. The van der Waals surface area contributed by atoms with Crippen molar-refractivity contribution in [3.63, 3.8) is 0 Å². The largest absolute Gasteiger partial charge is 0.460 e. The summed E-state index contributed by atoms with van der Waals surface area (Å²) in [5.74, 6) is -0.548. The fourth-order valence-corrected chi connectivity index (χ4v) is 4.57. The van der Waals surface area contributed by atoms with E-state index in [-0.39, 0.29) is 29.2 Å². The van der Waals surface area contributed by atoms with Gasteiger partial charge in [0.2, 0.25) is 0 Å². The van der Waals surface area contributed by atoms with Crippen LogP contribution in [0.25, 0.3) is 0 Å². The Balaban J connectivity index is 2.12. The van der Waals surface area contributed by atoms with Gasteiger partial charge in [-0.05, 0) is 44.1 Å². The first-order valence-corrected chi connectivity index (χ1v) is 9.56. The van der Waals surface area contributed by atoms with Crippen molar-refractivity contribution >= 4 is 23.1 Å². The van der Waals surface area contributed by atoms with Gasteiger partial charge in [0.15, 0.2) is 5.78 Å². The molecule has 4 nitrogen and oxygen atoms in total. The second-order valence-electron chi connectivity index (χ2n) is 7.90. The highest BCUT2D eigenvalue weighted by Crippen LogP contribution is 2.47. The Bertz CT molecular complexity index is 769. The van der Waals surface area contributed by atoms with E-state index in [9.17, 15) is 9.59 Å². The third kappa shape index (κ3) is 3.43. The summed E-state index contributed by atoms with van der Waals surface area (Å²) in [4.78, 5) is 26.8. The predicted molar refractivity (Wildman–Crippen MR) is 99.2 cm³/mol. The number of nitrogens with one attached hydrogen (secondary N) is 1. The van der Waals surface area contributed by atoms with Gasteiger partial charge < -0.3 is 10.1 Å². The Morgan fingerprint density at radius 1 is 1.36 bits per heavy atom. The number of ether oxygens (including phenoxy) is 1. The molecule has 1 aromatic heterocycles. The van der Waals surface area contributed by atoms with Gasteiger partial charge in [0.25, 0.3) is 0 Å². The molecule has 0 unspecified atom stereocenters. The third-order valence-corrected chi connectivity index (χ3v) is 5.57. The highest BCUT2D eigenvalue weighted by atomic mass is 32.1. The molecule has 3 rings (SSSR count). The van der Waals surface area contributed by atoms with Gasteiger partial charge in [-0.25, -0.2) is 4.79 Å². The van der Waals surface area contributed by atoms with E-state index in [1.54, 1.807) is 11.3 Å². The maximum atomic E-state index is 13.0. The Morgan fingerprint density at radius 2 is 2.08 bits per heavy atom. The summed E-state index contributed by atoms with van der Waals surface area (Å²) in [6.45, 7) is 9.79. The average molecular weight is 359 g/mol. The molecule has 0 aromatic carbocycles. The fourth-order valence-electron chi connectivity index (χ4n) is 3.72. The zero-order chi connectivity index (χ0) is 18.4. The van der Waals surface area contributed by atoms with Crippen LogP contribution in [0.4, 0.5) is 0 Å². The van der Waals surface area contributed by atoms with E-state index in [4.69, 9.17) is 4.74 Å². The van der Waals surface area contributed by atoms with Crippen molar-refractivity contribution in [2.75, 3.05) is 0 Å². The number of rotatable bonds is 3. The van der Waals surface area contributed by atoms with Crippen LogP contribution in [0.5, 0.6) is 0 Å². The van der Waals surface area contributed by atoms with Gasteiger partial charge in [-0.2, -0.15) is 0 Å². The number of ketones is 1. The van der Waals surface area contributed by atoms with Gasteiger partial charge >= 0.3 is 5.97 Å². The molecular weight excluding hydrogens is 334 g/mol. The van der Waals surface area contributed by atoms with Crippen LogP contribution in [-0.2, 0) is 14.3 Å². The number of allylic oxidation sites excluding steroid dienone is 3. The minimum atomic E-state index is -0.345. The smallest absolute Gasteiger partial charge is 0.337 e. The average Bonchev–Trinajstić information content (AvgIpc) is 2.96. The van der Waals surface area contributed by atoms with E-state index in [0.717, 1.165) is 28.3 Å². The van der Waals surface area contributed by atoms with Crippen LogP contribution in [0, 0.1) is 5.41 Å². The molecule has 2 aliphatic rings. The van der Waals surface area contributed by atoms with E-state index in [1.807, 2.05) is 38.3 Å². The maximum absolute atomic E-state index is 13.0. The quantitative estimate of drug-likeness (QED) is 0.818. The van der Waals surface area contributed by atoms with Gasteiger partial charge in [0, 0.05) is 28.3 Å². The molecule has 0 amide bonds. The molecule has 1 aliphatic carbocycles.